The van der Waals surface area contributed by atoms with Crippen molar-refractivity contribution in [1.82, 2.24) is 9.55 Å². The molecular weight excluding hydrogens is 226 g/mol. The second-order valence-electron chi connectivity index (χ2n) is 3.77. The van der Waals surface area contributed by atoms with Crippen LogP contribution in [0.5, 0.6) is 5.88 Å². The van der Waals surface area contributed by atoms with Gasteiger partial charge < -0.3 is 15.0 Å². The Morgan fingerprint density at radius 3 is 2.88 bits per heavy atom. The number of imidazole rings is 1. The van der Waals surface area contributed by atoms with Gasteiger partial charge in [0.2, 0.25) is 0 Å². The van der Waals surface area contributed by atoms with E-state index >= 15 is 0 Å². The van der Waals surface area contributed by atoms with Gasteiger partial charge in [0.25, 0.3) is 5.88 Å². The first kappa shape index (κ1) is 11.3. The molecule has 88 valence electrons. The molecule has 1 aliphatic rings. The number of nitrogens with zero attached hydrogens (tertiary/aromatic N) is 2. The van der Waals surface area contributed by atoms with E-state index in [9.17, 15) is 4.79 Å². The molecule has 1 aliphatic carbocycles. The van der Waals surface area contributed by atoms with Crippen molar-refractivity contribution >= 4 is 17.9 Å². The number of aromatic nitrogens is 2. The molecule has 5 nitrogen and oxygen atoms in total. The van der Waals surface area contributed by atoms with Crippen LogP contribution in [-0.2, 0) is 7.05 Å². The minimum atomic E-state index is -0.807. The molecular formula is C10H15N3O2S. The molecule has 0 atom stereocenters. The fourth-order valence-electron chi connectivity index (χ4n) is 1.64. The maximum atomic E-state index is 10.8. The number of nitrogens with two attached hydrogens (primary N) is 1. The first-order valence-electron chi connectivity index (χ1n) is 5.30. The van der Waals surface area contributed by atoms with E-state index in [0.717, 1.165) is 29.4 Å². The van der Waals surface area contributed by atoms with E-state index < -0.39 is 6.09 Å². The number of primary amides is 1. The summed E-state index contributed by atoms with van der Waals surface area (Å²) in [5.74, 6) is 2.76. The van der Waals surface area contributed by atoms with Gasteiger partial charge in [0, 0.05) is 13.0 Å². The van der Waals surface area contributed by atoms with Crippen molar-refractivity contribution in [2.45, 2.75) is 30.7 Å². The topological polar surface area (TPSA) is 70.1 Å². The Balaban J connectivity index is 2.32. The lowest BCUT2D eigenvalue weighted by Gasteiger charge is -2.03. The summed E-state index contributed by atoms with van der Waals surface area (Å²) in [7, 11) is 1.95. The summed E-state index contributed by atoms with van der Waals surface area (Å²) in [5, 5.41) is 0.878. The molecule has 0 spiro atoms. The zero-order valence-electron chi connectivity index (χ0n) is 9.40. The van der Waals surface area contributed by atoms with Crippen molar-refractivity contribution in [2.24, 2.45) is 12.8 Å². The highest BCUT2D eigenvalue weighted by molar-refractivity contribution is 7.99. The van der Waals surface area contributed by atoms with Gasteiger partial charge in [0.15, 0.2) is 0 Å². The molecule has 1 saturated carbocycles. The third-order valence-corrected chi connectivity index (χ3v) is 3.48. The van der Waals surface area contributed by atoms with Gasteiger partial charge in [0.1, 0.15) is 10.9 Å². The van der Waals surface area contributed by atoms with Crippen LogP contribution in [-0.4, -0.2) is 21.4 Å². The Bertz CT molecular complexity index is 412. The summed E-state index contributed by atoms with van der Waals surface area (Å²) >= 11 is 1.60. The molecule has 2 rings (SSSR count). The van der Waals surface area contributed by atoms with E-state index in [1.807, 2.05) is 18.5 Å². The molecule has 2 N–H and O–H groups in total. The summed E-state index contributed by atoms with van der Waals surface area (Å²) in [6.45, 7) is 2.04. The molecule has 1 heterocycles. The standard InChI is InChI=1S/C10H15N3O2S/c1-3-16-9-8(15-10(11)14)12-7(13(9)2)6-4-5-6/h6H,3-5H2,1-2H3,(H2,11,14). The third kappa shape index (κ3) is 2.16. The minimum Gasteiger partial charge on any atom is -0.388 e. The van der Waals surface area contributed by atoms with Crippen LogP contribution >= 0.6 is 11.8 Å². The molecule has 1 amide bonds. The molecule has 1 fully saturated rings. The van der Waals surface area contributed by atoms with Crippen LogP contribution in [0.15, 0.2) is 5.03 Å². The molecule has 0 saturated heterocycles. The fourth-order valence-corrected chi connectivity index (χ4v) is 2.41. The van der Waals surface area contributed by atoms with Crippen LogP contribution < -0.4 is 10.5 Å². The van der Waals surface area contributed by atoms with Gasteiger partial charge >= 0.3 is 6.09 Å². The predicted octanol–water partition coefficient (Wildman–Crippen LogP) is 1.87. The Labute approximate surface area is 98.4 Å². The van der Waals surface area contributed by atoms with Crippen molar-refractivity contribution in [3.05, 3.63) is 5.82 Å². The average Bonchev–Trinajstić information content (AvgIpc) is 2.99. The first-order chi connectivity index (χ1) is 7.63. The van der Waals surface area contributed by atoms with Crippen LogP contribution in [0.2, 0.25) is 0 Å². The summed E-state index contributed by atoms with van der Waals surface area (Å²) in [4.78, 5) is 15.1. The zero-order valence-corrected chi connectivity index (χ0v) is 10.2. The highest BCUT2D eigenvalue weighted by Crippen LogP contribution is 2.42. The molecule has 1 aromatic heterocycles. The predicted molar refractivity (Wildman–Crippen MR) is 61.8 cm³/mol. The number of ether oxygens (including phenoxy) is 1. The summed E-state index contributed by atoms with van der Waals surface area (Å²) in [5.41, 5.74) is 5.02. The van der Waals surface area contributed by atoms with Crippen LogP contribution in [0.1, 0.15) is 31.5 Å². The fraction of sp³-hybridized carbons (Fsp3) is 0.600. The average molecular weight is 241 g/mol. The summed E-state index contributed by atoms with van der Waals surface area (Å²) in [6.07, 6.45) is 1.52. The van der Waals surface area contributed by atoms with Gasteiger partial charge in [-0.05, 0) is 18.6 Å². The Morgan fingerprint density at radius 2 is 2.38 bits per heavy atom. The van der Waals surface area contributed by atoms with Gasteiger partial charge in [-0.15, -0.1) is 11.8 Å². The highest BCUT2D eigenvalue weighted by Gasteiger charge is 2.31. The lowest BCUT2D eigenvalue weighted by atomic mass is 10.4. The highest BCUT2D eigenvalue weighted by atomic mass is 32.2. The second kappa shape index (κ2) is 4.37. The van der Waals surface area contributed by atoms with Crippen molar-refractivity contribution in [3.8, 4) is 5.88 Å². The Morgan fingerprint density at radius 1 is 1.69 bits per heavy atom. The van der Waals surface area contributed by atoms with Crippen LogP contribution in [0.3, 0.4) is 0 Å². The number of thioether (sulfide) groups is 1. The Hall–Kier alpha value is -1.17. The molecule has 16 heavy (non-hydrogen) atoms. The normalized spacial score (nSPS) is 15.1. The van der Waals surface area contributed by atoms with Crippen LogP contribution in [0.25, 0.3) is 0 Å². The van der Waals surface area contributed by atoms with Crippen LogP contribution in [0.4, 0.5) is 4.79 Å². The first-order valence-corrected chi connectivity index (χ1v) is 6.28. The lowest BCUT2D eigenvalue weighted by Crippen LogP contribution is -2.16. The maximum Gasteiger partial charge on any atom is 0.411 e. The van der Waals surface area contributed by atoms with Gasteiger partial charge in [0.05, 0.1) is 0 Å². The van der Waals surface area contributed by atoms with Crippen molar-refractivity contribution in [3.63, 3.8) is 0 Å². The van der Waals surface area contributed by atoms with E-state index in [0.29, 0.717) is 11.8 Å². The maximum absolute atomic E-state index is 10.8. The summed E-state index contributed by atoms with van der Waals surface area (Å²) < 4.78 is 6.93. The number of carbonyl (C=O) groups is 1. The molecule has 0 radical (unpaired) electrons. The van der Waals surface area contributed by atoms with Crippen molar-refractivity contribution in [1.29, 1.82) is 0 Å². The van der Waals surface area contributed by atoms with Crippen LogP contribution in [0, 0.1) is 0 Å². The molecule has 0 aliphatic heterocycles. The molecule has 0 bridgehead atoms. The van der Waals surface area contributed by atoms with E-state index in [2.05, 4.69) is 4.98 Å². The van der Waals surface area contributed by atoms with E-state index in [1.165, 1.54) is 0 Å². The monoisotopic (exact) mass is 241 g/mol. The van der Waals surface area contributed by atoms with E-state index in [-0.39, 0.29) is 0 Å². The smallest absolute Gasteiger partial charge is 0.388 e. The van der Waals surface area contributed by atoms with Gasteiger partial charge in [-0.2, -0.15) is 4.98 Å². The van der Waals surface area contributed by atoms with E-state index in [1.54, 1.807) is 11.8 Å². The van der Waals surface area contributed by atoms with E-state index in [4.69, 9.17) is 10.5 Å². The quantitative estimate of drug-likeness (QED) is 0.817. The minimum absolute atomic E-state index is 0.351. The molecule has 1 aromatic rings. The van der Waals surface area contributed by atoms with Gasteiger partial charge in [-0.1, -0.05) is 6.92 Å². The van der Waals surface area contributed by atoms with Gasteiger partial charge in [-0.3, -0.25) is 0 Å². The van der Waals surface area contributed by atoms with Crippen molar-refractivity contribution in [2.75, 3.05) is 5.75 Å². The lowest BCUT2D eigenvalue weighted by molar-refractivity contribution is 0.208. The molecule has 0 unspecified atom stereocenters. The second-order valence-corrected chi connectivity index (χ2v) is 5.02. The zero-order chi connectivity index (χ0) is 11.7. The number of rotatable bonds is 4. The number of amides is 1. The Kier molecular flexibility index (Phi) is 3.09. The SMILES string of the molecule is CCSc1c(OC(N)=O)nc(C2CC2)n1C. The van der Waals surface area contributed by atoms with Gasteiger partial charge in [-0.25, -0.2) is 4.79 Å². The molecule has 0 aromatic carbocycles. The number of carbonyl (C=O) groups excluding carboxylic acids is 1. The molecule has 6 heteroatoms. The van der Waals surface area contributed by atoms with Crippen molar-refractivity contribution < 1.29 is 9.53 Å². The summed E-state index contributed by atoms with van der Waals surface area (Å²) in [6, 6.07) is 0. The number of hydrogen-bond donors (Lipinski definition) is 1. The third-order valence-electron chi connectivity index (χ3n) is 2.47. The number of hydrogen-bond acceptors (Lipinski definition) is 4. The largest absolute Gasteiger partial charge is 0.411 e.